The van der Waals surface area contributed by atoms with Crippen molar-refractivity contribution >= 4 is 33.1 Å². The van der Waals surface area contributed by atoms with Crippen molar-refractivity contribution < 1.29 is 4.79 Å². The van der Waals surface area contributed by atoms with Gasteiger partial charge in [-0.05, 0) is 44.0 Å². The molecule has 0 atom stereocenters. The second kappa shape index (κ2) is 6.50. The van der Waals surface area contributed by atoms with Crippen LogP contribution < -0.4 is 5.32 Å². The van der Waals surface area contributed by atoms with E-state index >= 15 is 0 Å². The SMILES string of the molecule is Cc1cc(C)c(NC(=O)CCc2nc3ccccc3s2)c(C)c1. The summed E-state index contributed by atoms with van der Waals surface area (Å²) in [6.07, 6.45) is 1.13. The fraction of sp³-hybridized carbons (Fsp3) is 0.263. The van der Waals surface area contributed by atoms with Crippen molar-refractivity contribution in [1.82, 2.24) is 4.98 Å². The Bertz CT molecular complexity index is 811. The minimum Gasteiger partial charge on any atom is -0.326 e. The van der Waals surface area contributed by atoms with E-state index in [1.807, 2.05) is 32.0 Å². The molecule has 3 rings (SSSR count). The number of hydrogen-bond acceptors (Lipinski definition) is 3. The topological polar surface area (TPSA) is 42.0 Å². The first kappa shape index (κ1) is 15.7. The van der Waals surface area contributed by atoms with Crippen LogP contribution in [0.25, 0.3) is 10.2 Å². The molecule has 118 valence electrons. The van der Waals surface area contributed by atoms with Gasteiger partial charge in [-0.1, -0.05) is 29.8 Å². The lowest BCUT2D eigenvalue weighted by molar-refractivity contribution is -0.116. The zero-order valence-electron chi connectivity index (χ0n) is 13.6. The van der Waals surface area contributed by atoms with Crippen LogP contribution in [-0.4, -0.2) is 10.9 Å². The first-order chi connectivity index (χ1) is 11.0. The largest absolute Gasteiger partial charge is 0.326 e. The highest BCUT2D eigenvalue weighted by molar-refractivity contribution is 7.18. The third-order valence-electron chi connectivity index (χ3n) is 3.85. The van der Waals surface area contributed by atoms with E-state index in [0.29, 0.717) is 12.8 Å². The normalized spacial score (nSPS) is 10.9. The van der Waals surface area contributed by atoms with Gasteiger partial charge in [0.15, 0.2) is 0 Å². The smallest absolute Gasteiger partial charge is 0.224 e. The molecule has 0 unspecified atom stereocenters. The maximum atomic E-state index is 12.3. The average Bonchev–Trinajstić information content (AvgIpc) is 2.91. The number of aromatic nitrogens is 1. The van der Waals surface area contributed by atoms with Crippen molar-refractivity contribution in [3.05, 3.63) is 58.1 Å². The van der Waals surface area contributed by atoms with Crippen molar-refractivity contribution in [1.29, 1.82) is 0 Å². The number of fused-ring (bicyclic) bond motifs is 1. The highest BCUT2D eigenvalue weighted by Gasteiger charge is 2.10. The second-order valence-corrected chi connectivity index (χ2v) is 7.01. The van der Waals surface area contributed by atoms with E-state index in [2.05, 4.69) is 35.4 Å². The molecule has 1 heterocycles. The molecule has 2 aromatic carbocycles. The molecule has 1 aromatic heterocycles. The summed E-state index contributed by atoms with van der Waals surface area (Å²) < 4.78 is 1.17. The Morgan fingerprint density at radius 1 is 1.13 bits per heavy atom. The van der Waals surface area contributed by atoms with Crippen LogP contribution in [-0.2, 0) is 11.2 Å². The van der Waals surface area contributed by atoms with Crippen molar-refractivity contribution in [2.24, 2.45) is 0 Å². The van der Waals surface area contributed by atoms with Crippen LogP contribution in [0.2, 0.25) is 0 Å². The molecule has 0 aliphatic carbocycles. The zero-order chi connectivity index (χ0) is 16.4. The Balaban J connectivity index is 1.66. The Kier molecular flexibility index (Phi) is 4.44. The van der Waals surface area contributed by atoms with Gasteiger partial charge in [0.1, 0.15) is 0 Å². The number of amides is 1. The minimum absolute atomic E-state index is 0.0410. The molecular weight excluding hydrogens is 304 g/mol. The Morgan fingerprint density at radius 2 is 1.83 bits per heavy atom. The summed E-state index contributed by atoms with van der Waals surface area (Å²) >= 11 is 1.66. The average molecular weight is 324 g/mol. The number of rotatable bonds is 4. The van der Waals surface area contributed by atoms with Gasteiger partial charge in [-0.2, -0.15) is 0 Å². The fourth-order valence-electron chi connectivity index (χ4n) is 2.83. The molecule has 4 heteroatoms. The van der Waals surface area contributed by atoms with Crippen molar-refractivity contribution in [2.75, 3.05) is 5.32 Å². The quantitative estimate of drug-likeness (QED) is 0.749. The van der Waals surface area contributed by atoms with E-state index in [9.17, 15) is 4.79 Å². The summed E-state index contributed by atoms with van der Waals surface area (Å²) in [4.78, 5) is 16.8. The van der Waals surface area contributed by atoms with Crippen LogP contribution in [0, 0.1) is 20.8 Å². The number of nitrogens with zero attached hydrogens (tertiary/aromatic N) is 1. The van der Waals surface area contributed by atoms with E-state index in [1.54, 1.807) is 11.3 Å². The number of benzene rings is 2. The lowest BCUT2D eigenvalue weighted by atomic mass is 10.0. The Labute approximate surface area is 140 Å². The highest BCUT2D eigenvalue weighted by Crippen LogP contribution is 2.24. The minimum atomic E-state index is 0.0410. The van der Waals surface area contributed by atoms with Crippen LogP contribution in [0.5, 0.6) is 0 Å². The molecule has 23 heavy (non-hydrogen) atoms. The number of anilines is 1. The van der Waals surface area contributed by atoms with Gasteiger partial charge < -0.3 is 5.32 Å². The summed E-state index contributed by atoms with van der Waals surface area (Å²) in [6, 6.07) is 12.3. The first-order valence-electron chi connectivity index (χ1n) is 7.75. The third kappa shape index (κ3) is 3.59. The first-order valence-corrected chi connectivity index (χ1v) is 8.57. The monoisotopic (exact) mass is 324 g/mol. The molecular formula is C19H20N2OS. The van der Waals surface area contributed by atoms with Gasteiger partial charge in [0.05, 0.1) is 15.2 Å². The van der Waals surface area contributed by atoms with Gasteiger partial charge >= 0.3 is 0 Å². The molecule has 0 saturated heterocycles. The van der Waals surface area contributed by atoms with Gasteiger partial charge in [0, 0.05) is 18.5 Å². The van der Waals surface area contributed by atoms with Crippen LogP contribution in [0.3, 0.4) is 0 Å². The van der Waals surface area contributed by atoms with E-state index in [4.69, 9.17) is 0 Å². The number of carbonyl (C=O) groups excluding carboxylic acids is 1. The van der Waals surface area contributed by atoms with Crippen molar-refractivity contribution in [2.45, 2.75) is 33.6 Å². The fourth-order valence-corrected chi connectivity index (χ4v) is 3.79. The van der Waals surface area contributed by atoms with Gasteiger partial charge in [0.25, 0.3) is 0 Å². The third-order valence-corrected chi connectivity index (χ3v) is 4.94. The van der Waals surface area contributed by atoms with Gasteiger partial charge in [-0.3, -0.25) is 4.79 Å². The molecule has 0 fully saturated rings. The molecule has 3 aromatic rings. The summed E-state index contributed by atoms with van der Waals surface area (Å²) in [7, 11) is 0. The zero-order valence-corrected chi connectivity index (χ0v) is 14.5. The predicted molar refractivity (Wildman–Crippen MR) is 97.2 cm³/mol. The van der Waals surface area contributed by atoms with E-state index < -0.39 is 0 Å². The molecule has 0 saturated carbocycles. The molecule has 0 spiro atoms. The Hall–Kier alpha value is -2.20. The summed E-state index contributed by atoms with van der Waals surface area (Å²) in [5.41, 5.74) is 5.38. The number of hydrogen-bond donors (Lipinski definition) is 1. The van der Waals surface area contributed by atoms with Gasteiger partial charge in [-0.25, -0.2) is 4.98 Å². The van der Waals surface area contributed by atoms with Crippen LogP contribution in [0.4, 0.5) is 5.69 Å². The van der Waals surface area contributed by atoms with Crippen molar-refractivity contribution in [3.8, 4) is 0 Å². The highest BCUT2D eigenvalue weighted by atomic mass is 32.1. The maximum absolute atomic E-state index is 12.3. The number of carbonyl (C=O) groups is 1. The van der Waals surface area contributed by atoms with E-state index in [-0.39, 0.29) is 5.91 Å². The molecule has 0 bridgehead atoms. The number of aryl methyl sites for hydroxylation is 4. The Morgan fingerprint density at radius 3 is 2.52 bits per heavy atom. The summed E-state index contributed by atoms with van der Waals surface area (Å²) in [6.45, 7) is 6.13. The number of para-hydroxylation sites is 1. The van der Waals surface area contributed by atoms with Gasteiger partial charge in [0.2, 0.25) is 5.91 Å². The number of thiazole rings is 1. The van der Waals surface area contributed by atoms with E-state index in [0.717, 1.165) is 27.3 Å². The molecule has 1 N–H and O–H groups in total. The molecule has 1 amide bonds. The lowest BCUT2D eigenvalue weighted by Gasteiger charge is -2.12. The van der Waals surface area contributed by atoms with Gasteiger partial charge in [-0.15, -0.1) is 11.3 Å². The molecule has 0 radical (unpaired) electrons. The van der Waals surface area contributed by atoms with E-state index in [1.165, 1.54) is 10.3 Å². The number of nitrogens with one attached hydrogen (secondary N) is 1. The lowest BCUT2D eigenvalue weighted by Crippen LogP contribution is -2.14. The van der Waals surface area contributed by atoms with Crippen LogP contribution >= 0.6 is 11.3 Å². The molecule has 3 nitrogen and oxygen atoms in total. The summed E-state index contributed by atoms with van der Waals surface area (Å²) in [5.74, 6) is 0.0410. The summed E-state index contributed by atoms with van der Waals surface area (Å²) in [5, 5.41) is 4.06. The standard InChI is InChI=1S/C19H20N2OS/c1-12-10-13(2)19(14(3)11-12)21-17(22)8-9-18-20-15-6-4-5-7-16(15)23-18/h4-7,10-11H,8-9H2,1-3H3,(H,21,22). The predicted octanol–water partition coefficient (Wildman–Crippen LogP) is 4.79. The van der Waals surface area contributed by atoms with Crippen LogP contribution in [0.1, 0.15) is 28.1 Å². The molecule has 0 aliphatic heterocycles. The van der Waals surface area contributed by atoms with Crippen LogP contribution in [0.15, 0.2) is 36.4 Å². The molecule has 0 aliphatic rings. The maximum Gasteiger partial charge on any atom is 0.224 e. The second-order valence-electron chi connectivity index (χ2n) is 5.90. The van der Waals surface area contributed by atoms with Crippen molar-refractivity contribution in [3.63, 3.8) is 0 Å².